The highest BCUT2D eigenvalue weighted by Gasteiger charge is 2.20. The number of nitrogens with one attached hydrogen (secondary N) is 1. The molecule has 0 bridgehead atoms. The average Bonchev–Trinajstić information content (AvgIpc) is 2.50. The third kappa shape index (κ3) is 5.14. The number of amides is 1. The van der Waals surface area contributed by atoms with Crippen molar-refractivity contribution >= 4 is 5.91 Å². The van der Waals surface area contributed by atoms with Crippen LogP contribution in [0.4, 0.5) is 0 Å². The van der Waals surface area contributed by atoms with Crippen LogP contribution in [0.3, 0.4) is 0 Å². The van der Waals surface area contributed by atoms with E-state index in [1.165, 1.54) is 5.56 Å². The first-order chi connectivity index (χ1) is 10.2. The molecule has 116 valence electrons. The van der Waals surface area contributed by atoms with Crippen molar-refractivity contribution in [1.82, 2.24) is 10.2 Å². The summed E-state index contributed by atoms with van der Waals surface area (Å²) in [6.45, 7) is 4.49. The minimum Gasteiger partial charge on any atom is -0.348 e. The number of hydrogen-bond donors (Lipinski definition) is 2. The molecule has 0 radical (unpaired) electrons. The lowest BCUT2D eigenvalue weighted by atomic mass is 10.0. The predicted molar refractivity (Wildman–Crippen MR) is 85.9 cm³/mol. The summed E-state index contributed by atoms with van der Waals surface area (Å²) in [5, 5.41) is 3.18. The number of piperidine rings is 1. The van der Waals surface area contributed by atoms with Crippen LogP contribution in [0.15, 0.2) is 30.3 Å². The normalized spacial score (nSPS) is 18.4. The van der Waals surface area contributed by atoms with Crippen molar-refractivity contribution in [3.63, 3.8) is 0 Å². The molecule has 0 spiro atoms. The number of likely N-dealkylation sites (tertiary alicyclic amines) is 1. The largest absolute Gasteiger partial charge is 0.348 e. The molecule has 1 saturated heterocycles. The van der Waals surface area contributed by atoms with E-state index in [2.05, 4.69) is 29.3 Å². The number of hydrogen-bond acceptors (Lipinski definition) is 3. The van der Waals surface area contributed by atoms with Crippen LogP contribution in [0.5, 0.6) is 0 Å². The summed E-state index contributed by atoms with van der Waals surface area (Å²) in [5.74, 6) is 0.118. The number of nitrogens with two attached hydrogens (primary N) is 1. The molecule has 21 heavy (non-hydrogen) atoms. The zero-order chi connectivity index (χ0) is 15.1. The van der Waals surface area contributed by atoms with E-state index in [0.29, 0.717) is 12.6 Å². The van der Waals surface area contributed by atoms with E-state index in [1.807, 2.05) is 18.2 Å². The Morgan fingerprint density at radius 1 is 1.33 bits per heavy atom. The van der Waals surface area contributed by atoms with Crippen LogP contribution in [0, 0.1) is 0 Å². The van der Waals surface area contributed by atoms with Crippen LogP contribution in [-0.4, -0.2) is 36.5 Å². The van der Waals surface area contributed by atoms with Crippen LogP contribution in [-0.2, 0) is 4.79 Å². The van der Waals surface area contributed by atoms with E-state index in [9.17, 15) is 4.79 Å². The van der Waals surface area contributed by atoms with Gasteiger partial charge in [0.1, 0.15) is 0 Å². The lowest BCUT2D eigenvalue weighted by Gasteiger charge is -2.30. The molecule has 1 aromatic rings. The quantitative estimate of drug-likeness (QED) is 0.843. The fraction of sp³-hybridized carbons (Fsp3) is 0.588. The summed E-state index contributed by atoms with van der Waals surface area (Å²) in [6, 6.07) is 10.6. The maximum Gasteiger partial charge on any atom is 0.234 e. The SMILES string of the molecule is CCCC(NC(=O)CN1CCC(N)CC1)c1ccccc1. The fourth-order valence-corrected chi connectivity index (χ4v) is 2.85. The smallest absolute Gasteiger partial charge is 0.234 e. The van der Waals surface area contributed by atoms with Gasteiger partial charge < -0.3 is 11.1 Å². The van der Waals surface area contributed by atoms with Crippen LogP contribution in [0.1, 0.15) is 44.2 Å². The minimum atomic E-state index is 0.118. The van der Waals surface area contributed by atoms with Gasteiger partial charge >= 0.3 is 0 Å². The number of nitrogens with zero attached hydrogens (tertiary/aromatic N) is 1. The molecule has 1 aliphatic heterocycles. The Morgan fingerprint density at radius 2 is 2.00 bits per heavy atom. The third-order valence-corrected chi connectivity index (χ3v) is 4.11. The molecule has 1 aromatic carbocycles. The molecule has 4 nitrogen and oxygen atoms in total. The van der Waals surface area contributed by atoms with Crippen molar-refractivity contribution in [1.29, 1.82) is 0 Å². The van der Waals surface area contributed by atoms with Crippen molar-refractivity contribution in [3.05, 3.63) is 35.9 Å². The van der Waals surface area contributed by atoms with Crippen molar-refractivity contribution < 1.29 is 4.79 Å². The summed E-state index contributed by atoms with van der Waals surface area (Å²) in [5.41, 5.74) is 7.09. The zero-order valence-corrected chi connectivity index (χ0v) is 12.9. The molecule has 1 amide bonds. The molecule has 1 atom stereocenters. The number of carbonyl (C=O) groups is 1. The predicted octanol–water partition coefficient (Wildman–Crippen LogP) is 2.07. The maximum absolute atomic E-state index is 12.3. The molecule has 1 fully saturated rings. The van der Waals surface area contributed by atoms with Gasteiger partial charge in [0.05, 0.1) is 12.6 Å². The second-order valence-electron chi connectivity index (χ2n) is 5.93. The lowest BCUT2D eigenvalue weighted by molar-refractivity contribution is -0.123. The summed E-state index contributed by atoms with van der Waals surface area (Å²) in [7, 11) is 0. The first-order valence-electron chi connectivity index (χ1n) is 8.01. The molecule has 1 aliphatic rings. The van der Waals surface area contributed by atoms with Gasteiger partial charge in [0, 0.05) is 19.1 Å². The summed E-state index contributed by atoms with van der Waals surface area (Å²) in [6.07, 6.45) is 4.01. The number of benzene rings is 1. The third-order valence-electron chi connectivity index (χ3n) is 4.11. The maximum atomic E-state index is 12.3. The highest BCUT2D eigenvalue weighted by atomic mass is 16.2. The Balaban J connectivity index is 1.86. The molecule has 0 saturated carbocycles. The van der Waals surface area contributed by atoms with Crippen molar-refractivity contribution in [2.24, 2.45) is 5.73 Å². The van der Waals surface area contributed by atoms with Gasteiger partial charge in [-0.3, -0.25) is 9.69 Å². The highest BCUT2D eigenvalue weighted by Crippen LogP contribution is 2.18. The first kappa shape index (κ1) is 16.0. The van der Waals surface area contributed by atoms with Crippen LogP contribution in [0.25, 0.3) is 0 Å². The molecule has 0 aliphatic carbocycles. The van der Waals surface area contributed by atoms with Crippen molar-refractivity contribution in [2.45, 2.75) is 44.7 Å². The summed E-state index contributed by atoms with van der Waals surface area (Å²) >= 11 is 0. The molecule has 0 aromatic heterocycles. The van der Waals surface area contributed by atoms with Gasteiger partial charge in [-0.15, -0.1) is 0 Å². The Morgan fingerprint density at radius 3 is 2.62 bits per heavy atom. The van der Waals surface area contributed by atoms with Gasteiger partial charge in [0.2, 0.25) is 5.91 Å². The van der Waals surface area contributed by atoms with Crippen molar-refractivity contribution in [3.8, 4) is 0 Å². The van der Waals surface area contributed by atoms with E-state index < -0.39 is 0 Å². The first-order valence-corrected chi connectivity index (χ1v) is 8.01. The average molecular weight is 289 g/mol. The van der Waals surface area contributed by atoms with Crippen LogP contribution < -0.4 is 11.1 Å². The zero-order valence-electron chi connectivity index (χ0n) is 12.9. The van der Waals surface area contributed by atoms with Gasteiger partial charge in [0.15, 0.2) is 0 Å². The van der Waals surface area contributed by atoms with Crippen LogP contribution in [0.2, 0.25) is 0 Å². The molecule has 3 N–H and O–H groups in total. The van der Waals surface area contributed by atoms with E-state index in [-0.39, 0.29) is 11.9 Å². The Hall–Kier alpha value is -1.39. The summed E-state index contributed by atoms with van der Waals surface area (Å²) in [4.78, 5) is 14.5. The highest BCUT2D eigenvalue weighted by molar-refractivity contribution is 5.78. The molecular weight excluding hydrogens is 262 g/mol. The monoisotopic (exact) mass is 289 g/mol. The Bertz CT molecular complexity index is 427. The second-order valence-corrected chi connectivity index (χ2v) is 5.93. The molecule has 4 heteroatoms. The van der Waals surface area contributed by atoms with Gasteiger partial charge in [-0.25, -0.2) is 0 Å². The van der Waals surface area contributed by atoms with Crippen molar-refractivity contribution in [2.75, 3.05) is 19.6 Å². The number of rotatable bonds is 6. The van der Waals surface area contributed by atoms with Crippen LogP contribution >= 0.6 is 0 Å². The Labute approximate surface area is 127 Å². The Kier molecular flexibility index (Phi) is 6.21. The number of carbonyl (C=O) groups excluding carboxylic acids is 1. The summed E-state index contributed by atoms with van der Waals surface area (Å²) < 4.78 is 0. The van der Waals surface area contributed by atoms with E-state index in [1.54, 1.807) is 0 Å². The van der Waals surface area contributed by atoms with E-state index in [4.69, 9.17) is 5.73 Å². The fourth-order valence-electron chi connectivity index (χ4n) is 2.85. The second kappa shape index (κ2) is 8.15. The van der Waals surface area contributed by atoms with E-state index >= 15 is 0 Å². The van der Waals surface area contributed by atoms with Gasteiger partial charge in [-0.1, -0.05) is 43.7 Å². The van der Waals surface area contributed by atoms with Gasteiger partial charge in [0.25, 0.3) is 0 Å². The lowest BCUT2D eigenvalue weighted by Crippen LogP contribution is -2.45. The van der Waals surface area contributed by atoms with Gasteiger partial charge in [-0.05, 0) is 24.8 Å². The molecular formula is C17H27N3O. The van der Waals surface area contributed by atoms with E-state index in [0.717, 1.165) is 38.8 Å². The van der Waals surface area contributed by atoms with Gasteiger partial charge in [-0.2, -0.15) is 0 Å². The minimum absolute atomic E-state index is 0.118. The molecule has 2 rings (SSSR count). The standard InChI is InChI=1S/C17H27N3O/c1-2-6-16(14-7-4-3-5-8-14)19-17(21)13-20-11-9-15(18)10-12-20/h3-5,7-8,15-16H,2,6,9-13,18H2,1H3,(H,19,21). The molecule has 1 unspecified atom stereocenters. The molecule has 1 heterocycles. The topological polar surface area (TPSA) is 58.4 Å².